The van der Waals surface area contributed by atoms with E-state index in [1.54, 1.807) is 27.7 Å². The summed E-state index contributed by atoms with van der Waals surface area (Å²) in [5.41, 5.74) is -4.71. The number of carbonyl (C=O) groups excluding carboxylic acids is 4. The van der Waals surface area contributed by atoms with Crippen molar-refractivity contribution >= 4 is 34.1 Å². The third kappa shape index (κ3) is 9.57. The molecule has 4 amide bonds. The monoisotopic (exact) mass is 626 g/mol. The summed E-state index contributed by atoms with van der Waals surface area (Å²) in [5.74, 6) is -2.51. The Morgan fingerprint density at radius 3 is 2.19 bits per heavy atom. The molecule has 2 fully saturated rings. The number of halogens is 3. The van der Waals surface area contributed by atoms with E-state index in [-0.39, 0.29) is 25.8 Å². The second-order valence-electron chi connectivity index (χ2n) is 12.4. The molecule has 2 rings (SSSR count). The first kappa shape index (κ1) is 35.3. The van der Waals surface area contributed by atoms with E-state index in [9.17, 15) is 40.8 Å². The molecule has 1 aliphatic heterocycles. The number of allylic oxidation sites excluding steroid dienone is 1. The summed E-state index contributed by atoms with van der Waals surface area (Å²) in [5, 5.41) is 4.71. The van der Waals surface area contributed by atoms with Crippen LogP contribution in [0.25, 0.3) is 0 Å². The summed E-state index contributed by atoms with van der Waals surface area (Å²) in [6.07, 6.45) is -3.01. The van der Waals surface area contributed by atoms with Gasteiger partial charge in [-0.2, -0.15) is 21.6 Å². The number of alkyl halides is 3. The molecule has 2 aliphatic rings. The van der Waals surface area contributed by atoms with Crippen LogP contribution < -0.4 is 15.4 Å². The Kier molecular flexibility index (Phi) is 10.7. The molecule has 12 nitrogen and oxygen atoms in total. The highest BCUT2D eigenvalue weighted by Crippen LogP contribution is 2.39. The van der Waals surface area contributed by atoms with Gasteiger partial charge in [-0.05, 0) is 64.7 Å². The first-order chi connectivity index (χ1) is 19.0. The zero-order chi connectivity index (χ0) is 32.3. The van der Waals surface area contributed by atoms with Crippen molar-refractivity contribution < 1.29 is 49.7 Å². The Balaban J connectivity index is 2.18. The van der Waals surface area contributed by atoms with Crippen LogP contribution in [0.3, 0.4) is 0 Å². The summed E-state index contributed by atoms with van der Waals surface area (Å²) in [6.45, 7) is 11.3. The fraction of sp³-hybridized carbons (Fsp3) is 0.769. The lowest BCUT2D eigenvalue weighted by atomic mass is 9.85. The van der Waals surface area contributed by atoms with Crippen molar-refractivity contribution in [3.05, 3.63) is 12.7 Å². The normalized spacial score (nSPS) is 20.2. The number of amides is 4. The standard InChI is InChI=1S/C26H41F3N4O8S/c1-8-9-11-16(19(34)32-42(38,39)41-25(7)13-14-25)30-20(35)17-12-10-15-33(17)21(36)18(23(2,3)4)31-22(37)40-24(5,6)26(27,28)29/h8,16-18H,1,9-15H2,2-7H3,(H,30,35)(H,31,37)(H,32,34)/t16-,17?,18?/m0/s1. The van der Waals surface area contributed by atoms with Crippen LogP contribution in [0.1, 0.15) is 80.1 Å². The Morgan fingerprint density at radius 2 is 1.69 bits per heavy atom. The zero-order valence-electron chi connectivity index (χ0n) is 24.7. The van der Waals surface area contributed by atoms with Gasteiger partial charge in [0.1, 0.15) is 18.1 Å². The Hall–Kier alpha value is -2.88. The Bertz CT molecular complexity index is 1160. The average molecular weight is 627 g/mol. The lowest BCUT2D eigenvalue weighted by molar-refractivity contribution is -0.244. The van der Waals surface area contributed by atoms with Gasteiger partial charge in [-0.1, -0.05) is 26.8 Å². The molecule has 0 aromatic carbocycles. The molecule has 16 heteroatoms. The van der Waals surface area contributed by atoms with Crippen molar-refractivity contribution in [2.45, 2.75) is 116 Å². The number of carbonyl (C=O) groups is 4. The molecule has 0 aromatic rings. The first-order valence-corrected chi connectivity index (χ1v) is 15.0. The van der Waals surface area contributed by atoms with Crippen LogP contribution in [0.2, 0.25) is 0 Å². The van der Waals surface area contributed by atoms with E-state index < -0.39 is 75.0 Å². The molecule has 1 saturated heterocycles. The van der Waals surface area contributed by atoms with E-state index in [0.717, 1.165) is 0 Å². The molecule has 0 radical (unpaired) electrons. The number of alkyl carbamates (subject to hydrolysis) is 1. The third-order valence-corrected chi connectivity index (χ3v) is 8.10. The molecular formula is C26H41F3N4O8S. The van der Waals surface area contributed by atoms with Crippen LogP contribution in [-0.2, 0) is 33.6 Å². The highest BCUT2D eigenvalue weighted by Gasteiger charge is 2.52. The summed E-state index contributed by atoms with van der Waals surface area (Å²) >= 11 is 0. The van der Waals surface area contributed by atoms with Gasteiger partial charge in [-0.15, -0.1) is 6.58 Å². The topological polar surface area (TPSA) is 160 Å². The number of ether oxygens (including phenoxy) is 1. The van der Waals surface area contributed by atoms with Crippen LogP contribution in [-0.4, -0.2) is 79.2 Å². The molecule has 0 spiro atoms. The zero-order valence-corrected chi connectivity index (χ0v) is 25.5. The summed E-state index contributed by atoms with van der Waals surface area (Å²) in [4.78, 5) is 53.3. The summed E-state index contributed by atoms with van der Waals surface area (Å²) in [6, 6.07) is -3.77. The summed E-state index contributed by atoms with van der Waals surface area (Å²) < 4.78 is 75.7. The lowest BCUT2D eigenvalue weighted by Gasteiger charge is -2.36. The van der Waals surface area contributed by atoms with Gasteiger partial charge in [0.2, 0.25) is 17.4 Å². The Labute approximate surface area is 244 Å². The molecule has 42 heavy (non-hydrogen) atoms. The fourth-order valence-electron chi connectivity index (χ4n) is 4.12. The quantitative estimate of drug-likeness (QED) is 0.279. The largest absolute Gasteiger partial charge is 0.434 e. The van der Waals surface area contributed by atoms with Crippen LogP contribution in [0.15, 0.2) is 12.7 Å². The number of nitrogens with zero attached hydrogens (tertiary/aromatic N) is 1. The maximum absolute atomic E-state index is 13.6. The molecule has 2 unspecified atom stereocenters. The molecule has 1 saturated carbocycles. The van der Waals surface area contributed by atoms with E-state index in [1.807, 2.05) is 4.72 Å². The molecule has 1 aliphatic carbocycles. The number of rotatable bonds is 12. The highest BCUT2D eigenvalue weighted by atomic mass is 32.2. The van der Waals surface area contributed by atoms with Crippen molar-refractivity contribution in [3.63, 3.8) is 0 Å². The maximum atomic E-state index is 13.6. The van der Waals surface area contributed by atoms with Crippen molar-refractivity contribution in [2.24, 2.45) is 5.41 Å². The second kappa shape index (κ2) is 12.8. The summed E-state index contributed by atoms with van der Waals surface area (Å²) in [7, 11) is -4.45. The van der Waals surface area contributed by atoms with E-state index in [4.69, 9.17) is 4.18 Å². The molecule has 3 atom stereocenters. The van der Waals surface area contributed by atoms with Crippen molar-refractivity contribution in [2.75, 3.05) is 6.54 Å². The second-order valence-corrected chi connectivity index (χ2v) is 13.7. The third-order valence-electron chi connectivity index (χ3n) is 7.03. The SMILES string of the molecule is C=CCC[C@H](NC(=O)C1CCCN1C(=O)C(NC(=O)OC(C)(C)C(F)(F)F)C(C)(C)C)C(=O)NS(=O)(=O)OC1(C)CC1. The number of hydrogen-bond acceptors (Lipinski definition) is 8. The maximum Gasteiger partial charge on any atom is 0.427 e. The minimum absolute atomic E-state index is 0.00152. The van der Waals surface area contributed by atoms with Crippen molar-refractivity contribution in [1.82, 2.24) is 20.3 Å². The smallest absolute Gasteiger partial charge is 0.427 e. The predicted molar refractivity (Wildman–Crippen MR) is 145 cm³/mol. The predicted octanol–water partition coefficient (Wildman–Crippen LogP) is 2.84. The van der Waals surface area contributed by atoms with Crippen LogP contribution in [0, 0.1) is 5.41 Å². The minimum atomic E-state index is -4.86. The highest BCUT2D eigenvalue weighted by molar-refractivity contribution is 7.85. The van der Waals surface area contributed by atoms with E-state index in [2.05, 4.69) is 21.9 Å². The van der Waals surface area contributed by atoms with Crippen molar-refractivity contribution in [1.29, 1.82) is 0 Å². The number of hydrogen-bond donors (Lipinski definition) is 3. The van der Waals surface area contributed by atoms with Crippen molar-refractivity contribution in [3.8, 4) is 0 Å². The molecule has 0 aromatic heterocycles. The fourth-order valence-corrected chi connectivity index (χ4v) is 5.24. The van der Waals surface area contributed by atoms with Gasteiger partial charge in [-0.3, -0.25) is 14.4 Å². The molecular weight excluding hydrogens is 585 g/mol. The van der Waals surface area contributed by atoms with E-state index in [0.29, 0.717) is 33.1 Å². The van der Waals surface area contributed by atoms with Crippen LogP contribution in [0.4, 0.5) is 18.0 Å². The van der Waals surface area contributed by atoms with E-state index >= 15 is 0 Å². The molecule has 1 heterocycles. The van der Waals surface area contributed by atoms with Gasteiger partial charge in [0.05, 0.1) is 5.60 Å². The molecule has 3 N–H and O–H groups in total. The average Bonchev–Trinajstić information content (AvgIpc) is 3.32. The van der Waals surface area contributed by atoms with Gasteiger partial charge in [0, 0.05) is 6.54 Å². The lowest BCUT2D eigenvalue weighted by Crippen LogP contribution is -2.60. The van der Waals surface area contributed by atoms with Crippen LogP contribution in [0.5, 0.6) is 0 Å². The van der Waals surface area contributed by atoms with Gasteiger partial charge >= 0.3 is 22.6 Å². The Morgan fingerprint density at radius 1 is 1.10 bits per heavy atom. The first-order valence-electron chi connectivity index (χ1n) is 13.6. The molecule has 0 bridgehead atoms. The van der Waals surface area contributed by atoms with Gasteiger partial charge in [0.15, 0.2) is 0 Å². The van der Waals surface area contributed by atoms with Gasteiger partial charge in [0.25, 0.3) is 5.91 Å². The molecule has 240 valence electrons. The van der Waals surface area contributed by atoms with E-state index in [1.165, 1.54) is 11.0 Å². The van der Waals surface area contributed by atoms with Crippen LogP contribution >= 0.6 is 0 Å². The van der Waals surface area contributed by atoms with Gasteiger partial charge in [-0.25, -0.2) is 13.7 Å². The van der Waals surface area contributed by atoms with Gasteiger partial charge < -0.3 is 20.3 Å². The number of nitrogens with one attached hydrogen (secondary N) is 3. The number of likely N-dealkylation sites (tertiary alicyclic amines) is 1. The minimum Gasteiger partial charge on any atom is -0.434 e.